The van der Waals surface area contributed by atoms with E-state index in [1.807, 2.05) is 0 Å². The first kappa shape index (κ1) is 16.0. The fourth-order valence-electron chi connectivity index (χ4n) is 1.99. The average Bonchev–Trinajstić information content (AvgIpc) is 2.51. The van der Waals surface area contributed by atoms with Crippen molar-refractivity contribution in [2.45, 2.75) is 0 Å². The number of benzene rings is 2. The molecular formula is C17H14ClFO3. The third-order valence-corrected chi connectivity index (χ3v) is 3.36. The molecule has 22 heavy (non-hydrogen) atoms. The highest BCUT2D eigenvalue weighted by atomic mass is 35.5. The first-order valence-corrected chi connectivity index (χ1v) is 6.83. The van der Waals surface area contributed by atoms with Gasteiger partial charge in [0.15, 0.2) is 17.3 Å². The van der Waals surface area contributed by atoms with Crippen molar-refractivity contribution in [1.29, 1.82) is 0 Å². The van der Waals surface area contributed by atoms with Crippen molar-refractivity contribution in [1.82, 2.24) is 0 Å². The van der Waals surface area contributed by atoms with Crippen molar-refractivity contribution >= 4 is 23.5 Å². The lowest BCUT2D eigenvalue weighted by molar-refractivity contribution is 0.104. The molecule has 0 aliphatic rings. The Kier molecular flexibility index (Phi) is 5.17. The van der Waals surface area contributed by atoms with Crippen LogP contribution in [0.3, 0.4) is 0 Å². The van der Waals surface area contributed by atoms with Crippen LogP contribution in [0.4, 0.5) is 4.39 Å². The fourth-order valence-corrected chi connectivity index (χ4v) is 2.25. The molecule has 0 heterocycles. The summed E-state index contributed by atoms with van der Waals surface area (Å²) in [5.41, 5.74) is 0.926. The molecule has 0 amide bonds. The van der Waals surface area contributed by atoms with Gasteiger partial charge in [-0.2, -0.15) is 0 Å². The Bertz CT molecular complexity index is 726. The van der Waals surface area contributed by atoms with E-state index >= 15 is 0 Å². The molecule has 0 aliphatic carbocycles. The zero-order chi connectivity index (χ0) is 16.1. The number of allylic oxidation sites excluding steroid dienone is 1. The lowest BCUT2D eigenvalue weighted by Crippen LogP contribution is -1.97. The van der Waals surface area contributed by atoms with Crippen molar-refractivity contribution in [2.75, 3.05) is 14.2 Å². The van der Waals surface area contributed by atoms with Gasteiger partial charge in [-0.1, -0.05) is 23.7 Å². The Balaban J connectivity index is 2.30. The Morgan fingerprint density at radius 3 is 2.59 bits per heavy atom. The monoisotopic (exact) mass is 320 g/mol. The largest absolute Gasteiger partial charge is 0.493 e. The second-order valence-electron chi connectivity index (χ2n) is 4.40. The molecule has 0 unspecified atom stereocenters. The fraction of sp³-hybridized carbons (Fsp3) is 0.118. The zero-order valence-electron chi connectivity index (χ0n) is 12.1. The summed E-state index contributed by atoms with van der Waals surface area (Å²) in [6.07, 6.45) is 2.96. The van der Waals surface area contributed by atoms with Gasteiger partial charge in [0.2, 0.25) is 0 Å². The Labute approximate surface area is 132 Å². The average molecular weight is 321 g/mol. The highest BCUT2D eigenvalue weighted by Gasteiger charge is 2.10. The molecule has 0 atom stereocenters. The zero-order valence-corrected chi connectivity index (χ0v) is 12.9. The van der Waals surface area contributed by atoms with Crippen molar-refractivity contribution in [2.24, 2.45) is 0 Å². The Morgan fingerprint density at radius 2 is 1.95 bits per heavy atom. The molecule has 2 aromatic rings. The van der Waals surface area contributed by atoms with E-state index < -0.39 is 5.82 Å². The van der Waals surface area contributed by atoms with E-state index in [-0.39, 0.29) is 16.4 Å². The molecule has 0 saturated carbocycles. The number of methoxy groups -OCH3 is 2. The molecule has 0 radical (unpaired) electrons. The molecule has 0 fully saturated rings. The number of rotatable bonds is 5. The smallest absolute Gasteiger partial charge is 0.187 e. The number of ether oxygens (including phenoxy) is 2. The van der Waals surface area contributed by atoms with Gasteiger partial charge in [0, 0.05) is 11.1 Å². The Morgan fingerprint density at radius 1 is 1.18 bits per heavy atom. The summed E-state index contributed by atoms with van der Waals surface area (Å²) in [4.78, 5) is 12.1. The van der Waals surface area contributed by atoms with Crippen LogP contribution in [0.2, 0.25) is 5.02 Å². The molecule has 114 valence electrons. The van der Waals surface area contributed by atoms with Gasteiger partial charge < -0.3 is 9.47 Å². The van der Waals surface area contributed by atoms with Crippen LogP contribution in [-0.4, -0.2) is 20.0 Å². The van der Waals surface area contributed by atoms with Gasteiger partial charge in [0.1, 0.15) is 5.82 Å². The summed E-state index contributed by atoms with van der Waals surface area (Å²) in [6.45, 7) is 0. The van der Waals surface area contributed by atoms with Crippen molar-refractivity contribution in [3.05, 3.63) is 64.4 Å². The van der Waals surface area contributed by atoms with E-state index in [2.05, 4.69) is 0 Å². The van der Waals surface area contributed by atoms with Crippen LogP contribution in [-0.2, 0) is 0 Å². The molecule has 2 rings (SSSR count). The van der Waals surface area contributed by atoms with Crippen LogP contribution >= 0.6 is 11.6 Å². The summed E-state index contributed by atoms with van der Waals surface area (Å²) < 4.78 is 23.5. The predicted octanol–water partition coefficient (Wildman–Crippen LogP) is 4.39. The first-order chi connectivity index (χ1) is 10.6. The molecule has 0 N–H and O–H groups in total. The van der Waals surface area contributed by atoms with Gasteiger partial charge in [-0.25, -0.2) is 4.39 Å². The molecule has 0 bridgehead atoms. The van der Waals surface area contributed by atoms with Crippen LogP contribution in [0.25, 0.3) is 6.08 Å². The number of ketones is 1. The summed E-state index contributed by atoms with van der Waals surface area (Å²) in [6, 6.07) is 8.99. The maximum Gasteiger partial charge on any atom is 0.187 e. The first-order valence-electron chi connectivity index (χ1n) is 6.45. The van der Waals surface area contributed by atoms with E-state index in [0.717, 1.165) is 6.07 Å². The molecule has 2 aromatic carbocycles. The quantitative estimate of drug-likeness (QED) is 0.605. The predicted molar refractivity (Wildman–Crippen MR) is 84.3 cm³/mol. The SMILES string of the molecule is COc1cccc(/C=C/C(=O)c2ccc(F)cc2Cl)c1OC. The van der Waals surface area contributed by atoms with E-state index in [0.29, 0.717) is 17.1 Å². The number of carbonyl (C=O) groups is 1. The molecule has 0 aromatic heterocycles. The Hall–Kier alpha value is -2.33. The van der Waals surface area contributed by atoms with Crippen LogP contribution in [0.5, 0.6) is 11.5 Å². The number of halogens is 2. The normalized spacial score (nSPS) is 10.7. The van der Waals surface area contributed by atoms with Gasteiger partial charge in [-0.3, -0.25) is 4.79 Å². The van der Waals surface area contributed by atoms with Crippen LogP contribution in [0, 0.1) is 5.82 Å². The summed E-state index contributed by atoms with van der Waals surface area (Å²) >= 11 is 5.87. The second-order valence-corrected chi connectivity index (χ2v) is 4.81. The summed E-state index contributed by atoms with van der Waals surface area (Å²) in [5.74, 6) is 0.283. The molecule has 0 spiro atoms. The lowest BCUT2D eigenvalue weighted by atomic mass is 10.1. The lowest BCUT2D eigenvalue weighted by Gasteiger charge is -2.09. The van der Waals surface area contributed by atoms with Crippen LogP contribution in [0.15, 0.2) is 42.5 Å². The third kappa shape index (κ3) is 3.46. The third-order valence-electron chi connectivity index (χ3n) is 3.04. The van der Waals surface area contributed by atoms with Crippen molar-refractivity contribution < 1.29 is 18.7 Å². The minimum atomic E-state index is -0.486. The summed E-state index contributed by atoms with van der Waals surface area (Å²) in [7, 11) is 3.06. The van der Waals surface area contributed by atoms with E-state index in [1.54, 1.807) is 24.3 Å². The number of para-hydroxylation sites is 1. The van der Waals surface area contributed by atoms with E-state index in [9.17, 15) is 9.18 Å². The van der Waals surface area contributed by atoms with Gasteiger partial charge in [0.05, 0.1) is 19.2 Å². The maximum absolute atomic E-state index is 13.0. The molecule has 5 heteroatoms. The number of carbonyl (C=O) groups excluding carboxylic acids is 1. The van der Waals surface area contributed by atoms with Crippen LogP contribution in [0.1, 0.15) is 15.9 Å². The topological polar surface area (TPSA) is 35.5 Å². The van der Waals surface area contributed by atoms with Crippen molar-refractivity contribution in [3.8, 4) is 11.5 Å². The van der Waals surface area contributed by atoms with Gasteiger partial charge in [-0.05, 0) is 36.4 Å². The molecule has 0 saturated heterocycles. The van der Waals surface area contributed by atoms with Crippen LogP contribution < -0.4 is 9.47 Å². The standard InChI is InChI=1S/C17H14ClFO3/c1-21-16-5-3-4-11(17(16)22-2)6-9-15(20)13-8-7-12(19)10-14(13)18/h3-10H,1-2H3/b9-6+. The van der Waals surface area contributed by atoms with Crippen molar-refractivity contribution in [3.63, 3.8) is 0 Å². The minimum absolute atomic E-state index is 0.0762. The van der Waals surface area contributed by atoms with E-state index in [1.165, 1.54) is 32.4 Å². The molecule has 0 aliphatic heterocycles. The molecule has 3 nitrogen and oxygen atoms in total. The number of hydrogen-bond donors (Lipinski definition) is 0. The highest BCUT2D eigenvalue weighted by molar-refractivity contribution is 6.34. The highest BCUT2D eigenvalue weighted by Crippen LogP contribution is 2.31. The maximum atomic E-state index is 13.0. The molecular weight excluding hydrogens is 307 g/mol. The van der Waals surface area contributed by atoms with E-state index in [4.69, 9.17) is 21.1 Å². The summed E-state index contributed by atoms with van der Waals surface area (Å²) in [5, 5.41) is 0.0762. The van der Waals surface area contributed by atoms with Gasteiger partial charge in [0.25, 0.3) is 0 Å². The second kappa shape index (κ2) is 7.09. The minimum Gasteiger partial charge on any atom is -0.493 e. The van der Waals surface area contributed by atoms with Gasteiger partial charge in [-0.15, -0.1) is 0 Å². The number of hydrogen-bond acceptors (Lipinski definition) is 3. The van der Waals surface area contributed by atoms with Gasteiger partial charge >= 0.3 is 0 Å².